The van der Waals surface area contributed by atoms with Crippen molar-refractivity contribution in [3.8, 4) is 11.1 Å². The number of hydrogen-bond acceptors (Lipinski definition) is 3. The van der Waals surface area contributed by atoms with Crippen molar-refractivity contribution in [2.45, 2.75) is 44.6 Å². The zero-order valence-corrected chi connectivity index (χ0v) is 18.7. The van der Waals surface area contributed by atoms with Crippen LogP contribution in [0.1, 0.15) is 53.7 Å². The Labute approximate surface area is 188 Å². The lowest BCUT2D eigenvalue weighted by Gasteiger charge is -2.22. The van der Waals surface area contributed by atoms with Gasteiger partial charge in [0.2, 0.25) is 0 Å². The summed E-state index contributed by atoms with van der Waals surface area (Å²) in [7, 11) is 3.90. The Bertz CT molecular complexity index is 1250. The number of nitrogens with one attached hydrogen (secondary N) is 1. The van der Waals surface area contributed by atoms with Gasteiger partial charge in [0, 0.05) is 43.5 Å². The van der Waals surface area contributed by atoms with E-state index in [9.17, 15) is 4.79 Å². The molecule has 0 bridgehead atoms. The average molecular weight is 428 g/mol. The predicted molar refractivity (Wildman–Crippen MR) is 127 cm³/mol. The summed E-state index contributed by atoms with van der Waals surface area (Å²) in [5.74, 6) is -0.0619. The summed E-state index contributed by atoms with van der Waals surface area (Å²) in [6.45, 7) is 0. The number of pyridine rings is 1. The molecule has 0 atom stereocenters. The molecular formula is C26H29N5O. The second-order valence-corrected chi connectivity index (χ2v) is 8.92. The molecule has 1 saturated carbocycles. The highest BCUT2D eigenvalue weighted by atomic mass is 16.1. The van der Waals surface area contributed by atoms with Gasteiger partial charge in [0.1, 0.15) is 11.3 Å². The zero-order chi connectivity index (χ0) is 22.1. The lowest BCUT2D eigenvalue weighted by Crippen LogP contribution is -2.36. The lowest BCUT2D eigenvalue weighted by atomic mass is 9.95. The smallest absolute Gasteiger partial charge is 0.270 e. The monoisotopic (exact) mass is 427 g/mol. The van der Waals surface area contributed by atoms with Crippen LogP contribution < -0.4 is 5.32 Å². The molecule has 0 radical (unpaired) electrons. The fourth-order valence-electron chi connectivity index (χ4n) is 4.67. The van der Waals surface area contributed by atoms with Gasteiger partial charge >= 0.3 is 0 Å². The Morgan fingerprint density at radius 3 is 2.56 bits per heavy atom. The summed E-state index contributed by atoms with van der Waals surface area (Å²) in [4.78, 5) is 17.7. The number of aryl methyl sites for hydroxylation is 2. The SMILES string of the molecule is Cn1cc(-c2ccc(Cc3cc(C(=O)NC4CCCCC4)nc4c3ccn4C)cc2)cn1. The van der Waals surface area contributed by atoms with E-state index in [0.717, 1.165) is 47.0 Å². The highest BCUT2D eigenvalue weighted by molar-refractivity contribution is 5.95. The van der Waals surface area contributed by atoms with E-state index in [4.69, 9.17) is 4.98 Å². The van der Waals surface area contributed by atoms with Crippen LogP contribution >= 0.6 is 0 Å². The number of fused-ring (bicyclic) bond motifs is 1. The minimum Gasteiger partial charge on any atom is -0.348 e. The number of amides is 1. The summed E-state index contributed by atoms with van der Waals surface area (Å²) >= 11 is 0. The van der Waals surface area contributed by atoms with E-state index in [2.05, 4.69) is 40.7 Å². The zero-order valence-electron chi connectivity index (χ0n) is 18.7. The molecule has 0 spiro atoms. The van der Waals surface area contributed by atoms with E-state index in [0.29, 0.717) is 5.69 Å². The van der Waals surface area contributed by atoms with Gasteiger partial charge in [-0.1, -0.05) is 43.5 Å². The minimum atomic E-state index is -0.0619. The van der Waals surface area contributed by atoms with Crippen molar-refractivity contribution in [2.24, 2.45) is 14.1 Å². The van der Waals surface area contributed by atoms with Crippen molar-refractivity contribution >= 4 is 16.9 Å². The molecule has 3 heterocycles. The number of hydrogen-bond donors (Lipinski definition) is 1. The average Bonchev–Trinajstić information content (AvgIpc) is 3.41. The van der Waals surface area contributed by atoms with E-state index >= 15 is 0 Å². The maximum atomic E-state index is 13.0. The second kappa shape index (κ2) is 8.61. The molecule has 5 rings (SSSR count). The molecule has 164 valence electrons. The topological polar surface area (TPSA) is 64.7 Å². The normalized spacial score (nSPS) is 14.7. The van der Waals surface area contributed by atoms with E-state index in [1.54, 1.807) is 0 Å². The Morgan fingerprint density at radius 2 is 1.84 bits per heavy atom. The van der Waals surface area contributed by atoms with Crippen LogP contribution in [0.2, 0.25) is 0 Å². The van der Waals surface area contributed by atoms with Crippen LogP contribution in [0.25, 0.3) is 22.2 Å². The van der Waals surface area contributed by atoms with E-state index in [-0.39, 0.29) is 11.9 Å². The Morgan fingerprint density at radius 1 is 1.06 bits per heavy atom. The Kier molecular flexibility index (Phi) is 5.52. The standard InChI is InChI=1S/C26H29N5O/c1-30-13-12-23-20(14-18-8-10-19(11-9-18)21-16-27-31(2)17-21)15-24(29-25(23)30)26(32)28-22-6-4-3-5-7-22/h8-13,15-17,22H,3-7,14H2,1-2H3,(H,28,32). The van der Waals surface area contributed by atoms with Gasteiger partial charge in [-0.25, -0.2) is 4.98 Å². The van der Waals surface area contributed by atoms with E-state index in [1.165, 1.54) is 24.8 Å². The fraction of sp³-hybridized carbons (Fsp3) is 0.346. The van der Waals surface area contributed by atoms with Gasteiger partial charge in [-0.3, -0.25) is 9.48 Å². The molecule has 0 aliphatic heterocycles. The number of carbonyl (C=O) groups is 1. The van der Waals surface area contributed by atoms with E-state index < -0.39 is 0 Å². The van der Waals surface area contributed by atoms with Crippen molar-refractivity contribution < 1.29 is 4.79 Å². The molecule has 1 N–H and O–H groups in total. The fourth-order valence-corrected chi connectivity index (χ4v) is 4.67. The Balaban J connectivity index is 1.42. The quantitative estimate of drug-likeness (QED) is 0.505. The molecule has 6 nitrogen and oxygen atoms in total. The van der Waals surface area contributed by atoms with Crippen LogP contribution in [0.3, 0.4) is 0 Å². The second-order valence-electron chi connectivity index (χ2n) is 8.92. The van der Waals surface area contributed by atoms with Crippen LogP contribution in [0, 0.1) is 0 Å². The van der Waals surface area contributed by atoms with E-state index in [1.807, 2.05) is 48.0 Å². The van der Waals surface area contributed by atoms with Crippen LogP contribution in [-0.4, -0.2) is 31.3 Å². The third-order valence-electron chi connectivity index (χ3n) is 6.48. The third-order valence-corrected chi connectivity index (χ3v) is 6.48. The molecule has 6 heteroatoms. The van der Waals surface area contributed by atoms with Crippen molar-refractivity contribution in [1.82, 2.24) is 24.6 Å². The van der Waals surface area contributed by atoms with Gasteiger partial charge in [0.05, 0.1) is 6.20 Å². The van der Waals surface area contributed by atoms with Gasteiger partial charge in [-0.05, 0) is 48.1 Å². The lowest BCUT2D eigenvalue weighted by molar-refractivity contribution is 0.0923. The first kappa shape index (κ1) is 20.5. The van der Waals surface area contributed by atoms with Gasteiger partial charge in [-0.15, -0.1) is 0 Å². The highest BCUT2D eigenvalue weighted by Crippen LogP contribution is 2.25. The molecule has 1 amide bonds. The first-order valence-corrected chi connectivity index (χ1v) is 11.4. The summed E-state index contributed by atoms with van der Waals surface area (Å²) in [6.07, 6.45) is 12.4. The highest BCUT2D eigenvalue weighted by Gasteiger charge is 2.19. The van der Waals surface area contributed by atoms with Crippen LogP contribution in [-0.2, 0) is 20.5 Å². The molecule has 1 aliphatic carbocycles. The molecule has 1 aromatic carbocycles. The molecule has 4 aromatic rings. The Hall–Kier alpha value is -3.41. The number of rotatable bonds is 5. The molecule has 32 heavy (non-hydrogen) atoms. The van der Waals surface area contributed by atoms with Gasteiger partial charge in [-0.2, -0.15) is 5.10 Å². The van der Waals surface area contributed by atoms with Crippen LogP contribution in [0.5, 0.6) is 0 Å². The van der Waals surface area contributed by atoms with Crippen molar-refractivity contribution in [2.75, 3.05) is 0 Å². The van der Waals surface area contributed by atoms with Crippen molar-refractivity contribution in [3.63, 3.8) is 0 Å². The van der Waals surface area contributed by atoms with Crippen molar-refractivity contribution in [3.05, 3.63) is 71.8 Å². The molecule has 0 unspecified atom stereocenters. The number of benzene rings is 1. The molecule has 0 saturated heterocycles. The maximum absolute atomic E-state index is 13.0. The third kappa shape index (κ3) is 4.17. The number of carbonyl (C=O) groups excluding carboxylic acids is 1. The van der Waals surface area contributed by atoms with Gasteiger partial charge < -0.3 is 9.88 Å². The maximum Gasteiger partial charge on any atom is 0.270 e. The summed E-state index contributed by atoms with van der Waals surface area (Å²) in [5.41, 5.74) is 5.94. The first-order chi connectivity index (χ1) is 15.6. The van der Waals surface area contributed by atoms with Crippen LogP contribution in [0.4, 0.5) is 0 Å². The number of aromatic nitrogens is 4. The molecular weight excluding hydrogens is 398 g/mol. The summed E-state index contributed by atoms with van der Waals surface area (Å²) in [5, 5.41) is 8.56. The minimum absolute atomic E-state index is 0.0619. The summed E-state index contributed by atoms with van der Waals surface area (Å²) < 4.78 is 3.80. The van der Waals surface area contributed by atoms with Crippen LogP contribution in [0.15, 0.2) is 55.0 Å². The predicted octanol–water partition coefficient (Wildman–Crippen LogP) is 4.63. The molecule has 1 aliphatic rings. The van der Waals surface area contributed by atoms with Crippen molar-refractivity contribution in [1.29, 1.82) is 0 Å². The summed E-state index contributed by atoms with van der Waals surface area (Å²) in [6, 6.07) is 12.9. The van der Waals surface area contributed by atoms with Gasteiger partial charge in [0.25, 0.3) is 5.91 Å². The molecule has 1 fully saturated rings. The number of nitrogens with zero attached hydrogens (tertiary/aromatic N) is 4. The molecule has 3 aromatic heterocycles. The van der Waals surface area contributed by atoms with Gasteiger partial charge in [0.15, 0.2) is 0 Å². The largest absolute Gasteiger partial charge is 0.348 e. The first-order valence-electron chi connectivity index (χ1n) is 11.4.